The molecule has 1 aliphatic heterocycles. The van der Waals surface area contributed by atoms with E-state index in [1.54, 1.807) is 12.1 Å². The van der Waals surface area contributed by atoms with Gasteiger partial charge in [0.05, 0.1) is 0 Å². The molecule has 1 spiro atoms. The van der Waals surface area contributed by atoms with Crippen LogP contribution in [0.1, 0.15) is 49.4 Å². The van der Waals surface area contributed by atoms with E-state index in [1.165, 1.54) is 39.0 Å². The summed E-state index contributed by atoms with van der Waals surface area (Å²) in [6, 6.07) is 7.25. The standard InChI is InChI=1S/C21H31N3O2/c1-16(25)22-19-9-7-17(8-10-19)20(26)24-14-18(13-23(2)3)21(15-24)11-5-4-6-12-21/h7-10,18H,4-6,11-15H2,1-3H3,(H,22,25). The van der Waals surface area contributed by atoms with Gasteiger partial charge in [0.15, 0.2) is 0 Å². The van der Waals surface area contributed by atoms with Crippen molar-refractivity contribution in [3.63, 3.8) is 0 Å². The average molecular weight is 357 g/mol. The first-order chi connectivity index (χ1) is 12.4. The van der Waals surface area contributed by atoms with E-state index in [1.807, 2.05) is 12.1 Å². The van der Waals surface area contributed by atoms with E-state index in [4.69, 9.17) is 0 Å². The Hall–Kier alpha value is -1.88. The highest BCUT2D eigenvalue weighted by molar-refractivity contribution is 5.95. The molecule has 1 unspecified atom stereocenters. The molecule has 5 heteroatoms. The largest absolute Gasteiger partial charge is 0.338 e. The maximum absolute atomic E-state index is 13.1. The van der Waals surface area contributed by atoms with E-state index in [0.717, 1.165) is 25.3 Å². The van der Waals surface area contributed by atoms with Crippen molar-refractivity contribution in [2.75, 3.05) is 39.0 Å². The first-order valence-electron chi connectivity index (χ1n) is 9.71. The minimum Gasteiger partial charge on any atom is -0.338 e. The molecule has 1 saturated carbocycles. The van der Waals surface area contributed by atoms with Crippen molar-refractivity contribution >= 4 is 17.5 Å². The number of amides is 2. The Morgan fingerprint density at radius 1 is 1.15 bits per heavy atom. The van der Waals surface area contributed by atoms with Crippen LogP contribution in [0.5, 0.6) is 0 Å². The number of carbonyl (C=O) groups excluding carboxylic acids is 2. The molecular formula is C21H31N3O2. The smallest absolute Gasteiger partial charge is 0.253 e. The fraction of sp³-hybridized carbons (Fsp3) is 0.619. The summed E-state index contributed by atoms with van der Waals surface area (Å²) in [5, 5.41) is 2.75. The quantitative estimate of drug-likeness (QED) is 0.900. The third-order valence-corrected chi connectivity index (χ3v) is 5.99. The Balaban J connectivity index is 1.74. The highest BCUT2D eigenvalue weighted by Gasteiger charge is 2.48. The van der Waals surface area contributed by atoms with Crippen LogP contribution in [0, 0.1) is 11.3 Å². The minimum absolute atomic E-state index is 0.102. The minimum atomic E-state index is -0.102. The first kappa shape index (κ1) is 18.9. The Bertz CT molecular complexity index is 648. The van der Waals surface area contributed by atoms with Crippen LogP contribution in [0.2, 0.25) is 0 Å². The van der Waals surface area contributed by atoms with Crippen molar-refractivity contribution in [1.82, 2.24) is 9.80 Å². The summed E-state index contributed by atoms with van der Waals surface area (Å²) in [6.07, 6.45) is 6.40. The summed E-state index contributed by atoms with van der Waals surface area (Å²) in [6.45, 7) is 4.27. The molecule has 1 aliphatic carbocycles. The van der Waals surface area contributed by atoms with Crippen LogP contribution in [0.25, 0.3) is 0 Å². The average Bonchev–Trinajstić information content (AvgIpc) is 2.92. The number of rotatable bonds is 4. The van der Waals surface area contributed by atoms with E-state index in [9.17, 15) is 9.59 Å². The Morgan fingerprint density at radius 3 is 2.38 bits per heavy atom. The molecule has 26 heavy (non-hydrogen) atoms. The van der Waals surface area contributed by atoms with Gasteiger partial charge in [-0.1, -0.05) is 19.3 Å². The van der Waals surface area contributed by atoms with E-state index in [0.29, 0.717) is 16.9 Å². The first-order valence-corrected chi connectivity index (χ1v) is 9.71. The number of anilines is 1. The van der Waals surface area contributed by atoms with Crippen molar-refractivity contribution < 1.29 is 9.59 Å². The third kappa shape index (κ3) is 4.09. The molecule has 1 atom stereocenters. The fourth-order valence-corrected chi connectivity index (χ4v) is 4.78. The lowest BCUT2D eigenvalue weighted by Gasteiger charge is -2.39. The van der Waals surface area contributed by atoms with Gasteiger partial charge in [-0.15, -0.1) is 0 Å². The molecule has 1 heterocycles. The number of likely N-dealkylation sites (tertiary alicyclic amines) is 1. The molecule has 1 aromatic rings. The highest BCUT2D eigenvalue weighted by atomic mass is 16.2. The van der Waals surface area contributed by atoms with Crippen molar-refractivity contribution in [1.29, 1.82) is 0 Å². The lowest BCUT2D eigenvalue weighted by Crippen LogP contribution is -2.38. The van der Waals surface area contributed by atoms with E-state index in [2.05, 4.69) is 29.2 Å². The zero-order valence-electron chi connectivity index (χ0n) is 16.3. The van der Waals surface area contributed by atoms with Gasteiger partial charge in [0.2, 0.25) is 5.91 Å². The summed E-state index contributed by atoms with van der Waals surface area (Å²) < 4.78 is 0. The normalized spacial score (nSPS) is 22.0. The third-order valence-electron chi connectivity index (χ3n) is 5.99. The predicted octanol–water partition coefficient (Wildman–Crippen LogP) is 3.23. The van der Waals surface area contributed by atoms with Crippen LogP contribution in [-0.4, -0.2) is 55.3 Å². The highest BCUT2D eigenvalue weighted by Crippen LogP contribution is 2.48. The van der Waals surface area contributed by atoms with Crippen LogP contribution < -0.4 is 5.32 Å². The molecule has 1 aromatic carbocycles. The molecule has 2 fully saturated rings. The zero-order chi connectivity index (χ0) is 18.7. The molecule has 1 N–H and O–H groups in total. The summed E-state index contributed by atoms with van der Waals surface area (Å²) >= 11 is 0. The van der Waals surface area contributed by atoms with E-state index < -0.39 is 0 Å². The van der Waals surface area contributed by atoms with E-state index >= 15 is 0 Å². The summed E-state index contributed by atoms with van der Waals surface area (Å²) in [7, 11) is 4.25. The molecule has 0 radical (unpaired) electrons. The van der Waals surface area contributed by atoms with Crippen LogP contribution in [0.3, 0.4) is 0 Å². The van der Waals surface area contributed by atoms with Crippen LogP contribution in [-0.2, 0) is 4.79 Å². The summed E-state index contributed by atoms with van der Waals surface area (Å²) in [5.74, 6) is 0.570. The Kier molecular flexibility index (Phi) is 5.66. The van der Waals surface area contributed by atoms with Crippen LogP contribution in [0.15, 0.2) is 24.3 Å². The monoisotopic (exact) mass is 357 g/mol. The lowest BCUT2D eigenvalue weighted by atomic mass is 9.67. The van der Waals surface area contributed by atoms with Crippen molar-refractivity contribution in [3.05, 3.63) is 29.8 Å². The number of benzene rings is 1. The molecule has 2 aliphatic rings. The Morgan fingerprint density at radius 2 is 1.81 bits per heavy atom. The van der Waals surface area contributed by atoms with E-state index in [-0.39, 0.29) is 11.8 Å². The molecule has 142 valence electrons. The fourth-order valence-electron chi connectivity index (χ4n) is 4.78. The zero-order valence-corrected chi connectivity index (χ0v) is 16.3. The van der Waals surface area contributed by atoms with Crippen molar-refractivity contribution in [2.45, 2.75) is 39.0 Å². The number of nitrogens with one attached hydrogen (secondary N) is 1. The molecule has 3 rings (SSSR count). The predicted molar refractivity (Wildman–Crippen MR) is 104 cm³/mol. The maximum atomic E-state index is 13.1. The van der Waals surface area contributed by atoms with Gasteiger partial charge in [0.1, 0.15) is 0 Å². The van der Waals surface area contributed by atoms with Gasteiger partial charge >= 0.3 is 0 Å². The van der Waals surface area contributed by atoms with Gasteiger partial charge < -0.3 is 15.1 Å². The maximum Gasteiger partial charge on any atom is 0.253 e. The molecular weight excluding hydrogens is 326 g/mol. The van der Waals surface area contributed by atoms with Gasteiger partial charge in [-0.3, -0.25) is 9.59 Å². The van der Waals surface area contributed by atoms with Gasteiger partial charge in [-0.05, 0) is 62.5 Å². The van der Waals surface area contributed by atoms with Gasteiger partial charge in [-0.25, -0.2) is 0 Å². The second kappa shape index (κ2) is 7.78. The molecule has 0 bridgehead atoms. The number of carbonyl (C=O) groups is 2. The molecule has 2 amide bonds. The second-order valence-electron chi connectivity index (χ2n) is 8.33. The number of nitrogens with zero attached hydrogens (tertiary/aromatic N) is 2. The number of hydrogen-bond donors (Lipinski definition) is 1. The Labute approximate surface area is 156 Å². The van der Waals surface area contributed by atoms with Gasteiger partial charge in [-0.2, -0.15) is 0 Å². The molecule has 1 saturated heterocycles. The van der Waals surface area contributed by atoms with Crippen LogP contribution in [0.4, 0.5) is 5.69 Å². The number of hydrogen-bond acceptors (Lipinski definition) is 3. The lowest BCUT2D eigenvalue weighted by molar-refractivity contribution is -0.114. The molecule has 5 nitrogen and oxygen atoms in total. The van der Waals surface area contributed by atoms with Crippen molar-refractivity contribution in [3.8, 4) is 0 Å². The topological polar surface area (TPSA) is 52.7 Å². The van der Waals surface area contributed by atoms with Gasteiger partial charge in [0, 0.05) is 37.8 Å². The summed E-state index contributed by atoms with van der Waals surface area (Å²) in [4.78, 5) is 28.5. The summed E-state index contributed by atoms with van der Waals surface area (Å²) in [5.41, 5.74) is 1.73. The van der Waals surface area contributed by atoms with Crippen LogP contribution >= 0.6 is 0 Å². The van der Waals surface area contributed by atoms with Crippen molar-refractivity contribution in [2.24, 2.45) is 11.3 Å². The van der Waals surface area contributed by atoms with Gasteiger partial charge in [0.25, 0.3) is 5.91 Å². The SMILES string of the molecule is CC(=O)Nc1ccc(C(=O)N2CC(CN(C)C)C3(CCCCC3)C2)cc1. The molecule has 0 aromatic heterocycles. The second-order valence-corrected chi connectivity index (χ2v) is 8.33.